The number of amides is 1. The number of hydrogen-bond donors (Lipinski definition) is 1. The van der Waals surface area contributed by atoms with Gasteiger partial charge in [-0.05, 0) is 42.7 Å². The van der Waals surface area contributed by atoms with Crippen molar-refractivity contribution >= 4 is 22.3 Å². The number of aryl methyl sites for hydroxylation is 1. The molecule has 1 amide bonds. The van der Waals surface area contributed by atoms with Crippen LogP contribution in [0.3, 0.4) is 0 Å². The maximum Gasteiger partial charge on any atom is 0.291 e. The molecule has 0 aliphatic rings. The highest BCUT2D eigenvalue weighted by atomic mass is 19.1. The highest BCUT2D eigenvalue weighted by Crippen LogP contribution is 2.18. The lowest BCUT2D eigenvalue weighted by atomic mass is 10.1. The average Bonchev–Trinajstić information content (AvgIpc) is 3.06. The van der Waals surface area contributed by atoms with Crippen LogP contribution in [0.15, 0.2) is 65.7 Å². The van der Waals surface area contributed by atoms with Gasteiger partial charge in [0.1, 0.15) is 24.2 Å². The van der Waals surface area contributed by atoms with Crippen LogP contribution >= 0.6 is 0 Å². The van der Waals surface area contributed by atoms with Gasteiger partial charge in [-0.3, -0.25) is 14.0 Å². The van der Waals surface area contributed by atoms with Crippen LogP contribution in [0.1, 0.15) is 12.0 Å². The standard InChI is InChI=1S/C21H19FN4O2/c22-17-8-9-18-16(11-17)12-19-21(28)26(24-14-25(18)19)13-20(27)23-10-4-7-15-5-2-1-3-6-15/h1-3,5-6,8-9,11-12,14H,4,7,10,13H2,(H,23,27). The van der Waals surface area contributed by atoms with E-state index in [1.54, 1.807) is 16.5 Å². The van der Waals surface area contributed by atoms with Gasteiger partial charge in [-0.25, -0.2) is 9.07 Å². The molecule has 0 aliphatic carbocycles. The zero-order valence-corrected chi connectivity index (χ0v) is 15.1. The van der Waals surface area contributed by atoms with E-state index in [9.17, 15) is 14.0 Å². The number of nitrogens with one attached hydrogen (secondary N) is 1. The lowest BCUT2D eigenvalue weighted by Crippen LogP contribution is -2.34. The normalized spacial score (nSPS) is 11.2. The number of carbonyl (C=O) groups excluding carboxylic acids is 1. The molecule has 4 aromatic rings. The third-order valence-corrected chi connectivity index (χ3v) is 4.66. The Morgan fingerprint density at radius 3 is 2.71 bits per heavy atom. The summed E-state index contributed by atoms with van der Waals surface area (Å²) in [6.45, 7) is 0.371. The fraction of sp³-hybridized carbons (Fsp3) is 0.190. The fourth-order valence-corrected chi connectivity index (χ4v) is 3.26. The van der Waals surface area contributed by atoms with E-state index in [1.807, 2.05) is 30.3 Å². The summed E-state index contributed by atoms with van der Waals surface area (Å²) >= 11 is 0. The summed E-state index contributed by atoms with van der Waals surface area (Å²) in [7, 11) is 0. The first kappa shape index (κ1) is 17.9. The molecule has 0 saturated carbocycles. The van der Waals surface area contributed by atoms with E-state index in [-0.39, 0.29) is 18.3 Å². The second-order valence-electron chi connectivity index (χ2n) is 6.64. The predicted molar refractivity (Wildman–Crippen MR) is 105 cm³/mol. The molecule has 0 fully saturated rings. The summed E-state index contributed by atoms with van der Waals surface area (Å²) < 4.78 is 16.1. The highest BCUT2D eigenvalue weighted by Gasteiger charge is 2.11. The van der Waals surface area contributed by atoms with E-state index in [4.69, 9.17) is 0 Å². The van der Waals surface area contributed by atoms with Crippen molar-refractivity contribution in [3.8, 4) is 0 Å². The molecule has 0 saturated heterocycles. The molecule has 0 radical (unpaired) electrons. The van der Waals surface area contributed by atoms with Crippen LogP contribution in [-0.2, 0) is 17.8 Å². The lowest BCUT2D eigenvalue weighted by molar-refractivity contribution is -0.121. The van der Waals surface area contributed by atoms with Crippen molar-refractivity contribution in [1.82, 2.24) is 19.5 Å². The van der Waals surface area contributed by atoms with Gasteiger partial charge in [0.25, 0.3) is 5.56 Å². The van der Waals surface area contributed by atoms with E-state index in [0.29, 0.717) is 23.0 Å². The molecule has 28 heavy (non-hydrogen) atoms. The Labute approximate surface area is 160 Å². The van der Waals surface area contributed by atoms with Crippen molar-refractivity contribution in [3.05, 3.63) is 82.7 Å². The number of benzene rings is 2. The SMILES string of the molecule is O=C(Cn1ncn2c(cc3cc(F)ccc32)c1=O)NCCCc1ccccc1. The third kappa shape index (κ3) is 3.64. The second-order valence-corrected chi connectivity index (χ2v) is 6.64. The van der Waals surface area contributed by atoms with Crippen molar-refractivity contribution in [2.75, 3.05) is 6.54 Å². The van der Waals surface area contributed by atoms with Crippen LogP contribution in [0.5, 0.6) is 0 Å². The van der Waals surface area contributed by atoms with Gasteiger partial charge < -0.3 is 5.32 Å². The number of fused-ring (bicyclic) bond motifs is 3. The van der Waals surface area contributed by atoms with E-state index < -0.39 is 5.56 Å². The van der Waals surface area contributed by atoms with Crippen molar-refractivity contribution in [2.24, 2.45) is 0 Å². The smallest absolute Gasteiger partial charge is 0.291 e. The predicted octanol–water partition coefficient (Wildman–Crippen LogP) is 2.54. The lowest BCUT2D eigenvalue weighted by Gasteiger charge is -2.07. The quantitative estimate of drug-likeness (QED) is 0.524. The highest BCUT2D eigenvalue weighted by molar-refractivity contribution is 5.86. The van der Waals surface area contributed by atoms with Crippen molar-refractivity contribution in [1.29, 1.82) is 0 Å². The first-order chi connectivity index (χ1) is 13.6. The summed E-state index contributed by atoms with van der Waals surface area (Å²) in [5.41, 5.74) is 1.88. The van der Waals surface area contributed by atoms with Crippen LogP contribution in [0, 0.1) is 5.82 Å². The molecule has 7 heteroatoms. The Morgan fingerprint density at radius 2 is 1.89 bits per heavy atom. The maximum atomic E-state index is 13.4. The van der Waals surface area contributed by atoms with E-state index in [1.165, 1.54) is 24.0 Å². The summed E-state index contributed by atoms with van der Waals surface area (Å²) in [4.78, 5) is 24.8. The van der Waals surface area contributed by atoms with E-state index >= 15 is 0 Å². The minimum absolute atomic E-state index is 0.156. The van der Waals surface area contributed by atoms with E-state index in [2.05, 4.69) is 10.4 Å². The first-order valence-electron chi connectivity index (χ1n) is 9.09. The van der Waals surface area contributed by atoms with Crippen LogP contribution in [0.25, 0.3) is 16.4 Å². The second kappa shape index (κ2) is 7.64. The molecule has 2 aromatic heterocycles. The Morgan fingerprint density at radius 1 is 1.07 bits per heavy atom. The minimum atomic E-state index is -0.390. The van der Waals surface area contributed by atoms with Gasteiger partial charge >= 0.3 is 0 Å². The zero-order chi connectivity index (χ0) is 19.5. The summed E-state index contributed by atoms with van der Waals surface area (Å²) in [5.74, 6) is -0.638. The molecule has 2 heterocycles. The number of rotatable bonds is 6. The molecule has 2 aromatic carbocycles. The van der Waals surface area contributed by atoms with E-state index in [0.717, 1.165) is 17.5 Å². The van der Waals surface area contributed by atoms with Gasteiger partial charge in [0.05, 0.1) is 5.52 Å². The topological polar surface area (TPSA) is 68.4 Å². The summed E-state index contributed by atoms with van der Waals surface area (Å²) in [6, 6.07) is 16.0. The number of hydrogen-bond acceptors (Lipinski definition) is 3. The van der Waals surface area contributed by atoms with Crippen molar-refractivity contribution < 1.29 is 9.18 Å². The molecular weight excluding hydrogens is 359 g/mol. The molecule has 4 rings (SSSR count). The Bertz CT molecular complexity index is 1200. The largest absolute Gasteiger partial charge is 0.354 e. The number of nitrogens with zero attached hydrogens (tertiary/aromatic N) is 3. The fourth-order valence-electron chi connectivity index (χ4n) is 3.26. The van der Waals surface area contributed by atoms with Crippen LogP contribution in [0.2, 0.25) is 0 Å². The summed E-state index contributed by atoms with van der Waals surface area (Å²) in [6.07, 6.45) is 3.16. The number of carbonyl (C=O) groups is 1. The molecule has 0 atom stereocenters. The molecule has 6 nitrogen and oxygen atoms in total. The molecule has 142 valence electrons. The Kier molecular flexibility index (Phi) is 4.89. The first-order valence-corrected chi connectivity index (χ1v) is 9.09. The van der Waals surface area contributed by atoms with Gasteiger partial charge in [0.15, 0.2) is 0 Å². The van der Waals surface area contributed by atoms with Crippen LogP contribution < -0.4 is 10.9 Å². The Balaban J connectivity index is 1.42. The van der Waals surface area contributed by atoms with Crippen LogP contribution in [-0.4, -0.2) is 26.6 Å². The van der Waals surface area contributed by atoms with Gasteiger partial charge in [-0.2, -0.15) is 5.10 Å². The molecular formula is C21H19FN4O2. The minimum Gasteiger partial charge on any atom is -0.354 e. The third-order valence-electron chi connectivity index (χ3n) is 4.66. The monoisotopic (exact) mass is 378 g/mol. The van der Waals surface area contributed by atoms with Gasteiger partial charge in [-0.15, -0.1) is 0 Å². The molecule has 0 bridgehead atoms. The number of aromatic nitrogens is 3. The van der Waals surface area contributed by atoms with Crippen molar-refractivity contribution in [2.45, 2.75) is 19.4 Å². The number of halogens is 1. The average molecular weight is 378 g/mol. The van der Waals surface area contributed by atoms with Crippen molar-refractivity contribution in [3.63, 3.8) is 0 Å². The molecule has 0 aliphatic heterocycles. The Hall–Kier alpha value is -3.48. The molecule has 1 N–H and O–H groups in total. The van der Waals surface area contributed by atoms with Gasteiger partial charge in [0, 0.05) is 11.9 Å². The van der Waals surface area contributed by atoms with Gasteiger partial charge in [-0.1, -0.05) is 30.3 Å². The van der Waals surface area contributed by atoms with Crippen LogP contribution in [0.4, 0.5) is 4.39 Å². The zero-order valence-electron chi connectivity index (χ0n) is 15.1. The molecule has 0 spiro atoms. The van der Waals surface area contributed by atoms with Gasteiger partial charge in [0.2, 0.25) is 5.91 Å². The maximum absolute atomic E-state index is 13.4. The summed E-state index contributed by atoms with van der Waals surface area (Å²) in [5, 5.41) is 7.51. The molecule has 0 unspecified atom stereocenters.